The summed E-state index contributed by atoms with van der Waals surface area (Å²) in [6, 6.07) is 3.61. The number of rotatable bonds is 7. The highest BCUT2D eigenvalue weighted by molar-refractivity contribution is 5.76. The first-order valence-corrected chi connectivity index (χ1v) is 8.38. The van der Waals surface area contributed by atoms with Crippen molar-refractivity contribution >= 4 is 5.91 Å². The number of hydrogen-bond acceptors (Lipinski definition) is 7. The maximum atomic E-state index is 12.4. The molecule has 2 aromatic rings. The number of aromatic nitrogens is 3. The van der Waals surface area contributed by atoms with Crippen molar-refractivity contribution in [2.75, 3.05) is 26.8 Å². The molecule has 1 atom stereocenters. The van der Waals surface area contributed by atoms with Gasteiger partial charge >= 0.3 is 0 Å². The van der Waals surface area contributed by atoms with Crippen LogP contribution < -0.4 is 4.74 Å². The molecule has 0 aromatic carbocycles. The highest BCUT2D eigenvalue weighted by Crippen LogP contribution is 2.15. The van der Waals surface area contributed by atoms with Gasteiger partial charge in [0.25, 0.3) is 5.88 Å². The highest BCUT2D eigenvalue weighted by atomic mass is 16.5. The van der Waals surface area contributed by atoms with Crippen molar-refractivity contribution in [3.63, 3.8) is 0 Å². The molecular formula is C17H22N4O4. The Hall–Kier alpha value is -2.48. The molecule has 25 heavy (non-hydrogen) atoms. The second-order valence-corrected chi connectivity index (χ2v) is 5.91. The van der Waals surface area contributed by atoms with Gasteiger partial charge in [-0.2, -0.15) is 0 Å². The number of aryl methyl sites for hydroxylation is 2. The third kappa shape index (κ3) is 4.99. The van der Waals surface area contributed by atoms with E-state index in [4.69, 9.17) is 14.0 Å². The van der Waals surface area contributed by atoms with E-state index in [-0.39, 0.29) is 12.0 Å². The fourth-order valence-electron chi connectivity index (χ4n) is 2.79. The molecule has 0 aliphatic carbocycles. The molecular weight excluding hydrogens is 324 g/mol. The lowest BCUT2D eigenvalue weighted by Crippen LogP contribution is -2.45. The summed E-state index contributed by atoms with van der Waals surface area (Å²) in [5.41, 5.74) is 0.987. The molecule has 0 spiro atoms. The Morgan fingerprint density at radius 2 is 2.36 bits per heavy atom. The second kappa shape index (κ2) is 8.57. The van der Waals surface area contributed by atoms with Crippen molar-refractivity contribution in [2.24, 2.45) is 0 Å². The maximum Gasteiger partial charge on any atom is 0.254 e. The smallest absolute Gasteiger partial charge is 0.254 e. The molecule has 0 bridgehead atoms. The zero-order chi connectivity index (χ0) is 17.5. The lowest BCUT2D eigenvalue weighted by atomic mass is 10.1. The first kappa shape index (κ1) is 17.3. The van der Waals surface area contributed by atoms with Gasteiger partial charge in [-0.3, -0.25) is 4.79 Å². The Balaban J connectivity index is 1.44. The molecule has 1 amide bonds. The van der Waals surface area contributed by atoms with Crippen LogP contribution in [0.3, 0.4) is 0 Å². The molecule has 2 aromatic heterocycles. The van der Waals surface area contributed by atoms with Gasteiger partial charge in [-0.05, 0) is 24.1 Å². The van der Waals surface area contributed by atoms with E-state index in [9.17, 15) is 4.79 Å². The molecule has 0 saturated carbocycles. The van der Waals surface area contributed by atoms with Crippen LogP contribution in [0, 0.1) is 0 Å². The lowest BCUT2D eigenvalue weighted by molar-refractivity contribution is -0.139. The van der Waals surface area contributed by atoms with Crippen LogP contribution in [0.4, 0.5) is 0 Å². The minimum Gasteiger partial charge on any atom is -0.479 e. The van der Waals surface area contributed by atoms with Gasteiger partial charge in [-0.15, -0.1) is 0 Å². The van der Waals surface area contributed by atoms with Crippen molar-refractivity contribution in [2.45, 2.75) is 31.8 Å². The van der Waals surface area contributed by atoms with Gasteiger partial charge in [0.15, 0.2) is 0 Å². The van der Waals surface area contributed by atoms with Crippen molar-refractivity contribution in [1.82, 2.24) is 20.0 Å². The summed E-state index contributed by atoms with van der Waals surface area (Å²) in [4.78, 5) is 22.4. The summed E-state index contributed by atoms with van der Waals surface area (Å²) in [6.07, 6.45) is 5.87. The molecule has 1 saturated heterocycles. The molecule has 0 radical (unpaired) electrons. The van der Waals surface area contributed by atoms with E-state index >= 15 is 0 Å². The number of methoxy groups -OCH3 is 1. The molecule has 3 rings (SSSR count). The number of carbonyl (C=O) groups excluding carboxylic acids is 1. The molecule has 0 unspecified atom stereocenters. The average molecular weight is 346 g/mol. The Morgan fingerprint density at radius 3 is 3.12 bits per heavy atom. The Kier molecular flexibility index (Phi) is 5.95. The van der Waals surface area contributed by atoms with Crippen LogP contribution in [0.5, 0.6) is 5.88 Å². The van der Waals surface area contributed by atoms with Crippen LogP contribution in [-0.2, 0) is 22.4 Å². The molecule has 8 heteroatoms. The predicted octanol–water partition coefficient (Wildman–Crippen LogP) is 1.27. The van der Waals surface area contributed by atoms with Gasteiger partial charge in [0.1, 0.15) is 12.1 Å². The average Bonchev–Trinajstić information content (AvgIpc) is 3.14. The van der Waals surface area contributed by atoms with Crippen molar-refractivity contribution < 1.29 is 18.8 Å². The minimum absolute atomic E-state index is 0.0399. The van der Waals surface area contributed by atoms with E-state index < -0.39 is 0 Å². The van der Waals surface area contributed by atoms with Crippen LogP contribution >= 0.6 is 0 Å². The summed E-state index contributed by atoms with van der Waals surface area (Å²) < 4.78 is 15.9. The molecule has 3 heterocycles. The SMILES string of the molecule is COc1cc(CCC(=O)N2CCO[C@H](CCc3ccncn3)C2)on1. The van der Waals surface area contributed by atoms with E-state index in [2.05, 4.69) is 15.1 Å². The number of nitrogens with zero attached hydrogens (tertiary/aromatic N) is 4. The standard InChI is InChI=1S/C17H22N4O4/c1-23-16-10-14(25-20-16)4-5-17(22)21-8-9-24-15(11-21)3-2-13-6-7-18-12-19-13/h6-7,10,12,15H,2-5,8-9,11H2,1H3/t15-/m1/s1. The number of ether oxygens (including phenoxy) is 2. The van der Waals surface area contributed by atoms with Gasteiger partial charge < -0.3 is 18.9 Å². The van der Waals surface area contributed by atoms with Crippen LogP contribution in [0.25, 0.3) is 0 Å². The van der Waals surface area contributed by atoms with Gasteiger partial charge in [-0.1, -0.05) is 0 Å². The zero-order valence-corrected chi connectivity index (χ0v) is 14.3. The van der Waals surface area contributed by atoms with Crippen molar-refractivity contribution in [3.8, 4) is 5.88 Å². The monoisotopic (exact) mass is 346 g/mol. The van der Waals surface area contributed by atoms with Gasteiger partial charge in [0, 0.05) is 43.9 Å². The summed E-state index contributed by atoms with van der Waals surface area (Å²) in [5, 5.41) is 3.74. The van der Waals surface area contributed by atoms with E-state index in [0.717, 1.165) is 18.5 Å². The fraction of sp³-hybridized carbons (Fsp3) is 0.529. The summed E-state index contributed by atoms with van der Waals surface area (Å²) in [7, 11) is 1.53. The third-order valence-corrected chi connectivity index (χ3v) is 4.19. The number of carbonyl (C=O) groups is 1. The van der Waals surface area contributed by atoms with Crippen LogP contribution in [-0.4, -0.2) is 58.8 Å². The largest absolute Gasteiger partial charge is 0.479 e. The molecule has 1 aliphatic heterocycles. The Morgan fingerprint density at radius 1 is 1.44 bits per heavy atom. The first-order chi connectivity index (χ1) is 12.2. The van der Waals surface area contributed by atoms with Crippen LogP contribution in [0.2, 0.25) is 0 Å². The molecule has 1 fully saturated rings. The number of morpholine rings is 1. The molecule has 134 valence electrons. The Labute approximate surface area is 146 Å². The van der Waals surface area contributed by atoms with Gasteiger partial charge in [0.2, 0.25) is 5.91 Å². The van der Waals surface area contributed by atoms with Gasteiger partial charge in [0.05, 0.1) is 19.8 Å². The van der Waals surface area contributed by atoms with Crippen molar-refractivity contribution in [1.29, 1.82) is 0 Å². The van der Waals surface area contributed by atoms with Crippen LogP contribution in [0.1, 0.15) is 24.3 Å². The van der Waals surface area contributed by atoms with E-state index in [1.54, 1.807) is 18.6 Å². The zero-order valence-electron chi connectivity index (χ0n) is 14.3. The predicted molar refractivity (Wildman–Crippen MR) is 88.0 cm³/mol. The molecule has 1 aliphatic rings. The highest BCUT2D eigenvalue weighted by Gasteiger charge is 2.24. The summed E-state index contributed by atoms with van der Waals surface area (Å²) in [6.45, 7) is 1.81. The first-order valence-electron chi connectivity index (χ1n) is 8.38. The second-order valence-electron chi connectivity index (χ2n) is 5.91. The quantitative estimate of drug-likeness (QED) is 0.745. The number of amides is 1. The van der Waals surface area contributed by atoms with Crippen LogP contribution in [0.15, 0.2) is 29.2 Å². The number of hydrogen-bond donors (Lipinski definition) is 0. The van der Waals surface area contributed by atoms with Crippen molar-refractivity contribution in [3.05, 3.63) is 36.1 Å². The van der Waals surface area contributed by atoms with Gasteiger partial charge in [-0.25, -0.2) is 9.97 Å². The third-order valence-electron chi connectivity index (χ3n) is 4.19. The topological polar surface area (TPSA) is 90.6 Å². The molecule has 0 N–H and O–H groups in total. The van der Waals surface area contributed by atoms with E-state index in [0.29, 0.717) is 44.2 Å². The fourth-order valence-corrected chi connectivity index (χ4v) is 2.79. The Bertz CT molecular complexity index is 676. The lowest BCUT2D eigenvalue weighted by Gasteiger charge is -2.33. The maximum absolute atomic E-state index is 12.4. The summed E-state index contributed by atoms with van der Waals surface area (Å²) >= 11 is 0. The molecule has 8 nitrogen and oxygen atoms in total. The normalized spacial score (nSPS) is 17.5. The summed E-state index contributed by atoms with van der Waals surface area (Å²) in [5.74, 6) is 1.18. The minimum atomic E-state index is 0.0399. The van der Waals surface area contributed by atoms with E-state index in [1.807, 2.05) is 11.0 Å². The van der Waals surface area contributed by atoms with E-state index in [1.165, 1.54) is 7.11 Å².